The van der Waals surface area contributed by atoms with E-state index >= 15 is 0 Å². The van der Waals surface area contributed by atoms with Crippen LogP contribution in [0.1, 0.15) is 20.3 Å². The maximum absolute atomic E-state index is 4.20. The van der Waals surface area contributed by atoms with E-state index in [9.17, 15) is 0 Å². The Morgan fingerprint density at radius 2 is 2.00 bits per heavy atom. The predicted molar refractivity (Wildman–Crippen MR) is 63.0 cm³/mol. The molecule has 1 heteroatoms. The van der Waals surface area contributed by atoms with E-state index in [1.807, 2.05) is 20.2 Å². The molecule has 14 heavy (non-hydrogen) atoms. The van der Waals surface area contributed by atoms with Gasteiger partial charge in [0, 0.05) is 26.2 Å². The topological polar surface area (TPSA) is 3.24 Å². The molecule has 0 heterocycles. The molecule has 1 nitrogen and oxygen atoms in total. The number of rotatable bonds is 2. The predicted octanol–water partition coefficient (Wildman–Crippen LogP) is 3.22. The smallest absolute Gasteiger partial charge is 0.00557 e. The summed E-state index contributed by atoms with van der Waals surface area (Å²) in [7, 11) is 4.09. The van der Waals surface area contributed by atoms with Crippen LogP contribution in [-0.2, 0) is 0 Å². The number of hydrogen-bond acceptors (Lipinski definition) is 1. The largest absolute Gasteiger partial charge is 0.383 e. The van der Waals surface area contributed by atoms with Crippen LogP contribution in [-0.4, -0.2) is 19.0 Å². The summed E-state index contributed by atoms with van der Waals surface area (Å²) in [6.45, 7) is 12.6. The van der Waals surface area contributed by atoms with E-state index in [1.165, 1.54) is 11.1 Å². The van der Waals surface area contributed by atoms with Gasteiger partial charge in [0.15, 0.2) is 0 Å². The maximum atomic E-state index is 4.20. The summed E-state index contributed by atoms with van der Waals surface area (Å²) in [6, 6.07) is 0. The fourth-order valence-corrected chi connectivity index (χ4v) is 2.06. The van der Waals surface area contributed by atoms with Crippen molar-refractivity contribution in [3.05, 3.63) is 36.6 Å². The van der Waals surface area contributed by atoms with Gasteiger partial charge in [0.05, 0.1) is 0 Å². The molecule has 1 aliphatic rings. The van der Waals surface area contributed by atoms with Crippen molar-refractivity contribution in [2.75, 3.05) is 14.1 Å². The minimum Gasteiger partial charge on any atom is -0.383 e. The molecule has 1 aliphatic carbocycles. The number of nitrogens with zero attached hydrogens (tertiary/aromatic N) is 1. The highest BCUT2D eigenvalue weighted by Crippen LogP contribution is 2.48. The average molecular weight is 191 g/mol. The van der Waals surface area contributed by atoms with Gasteiger partial charge in [-0.3, -0.25) is 0 Å². The standard InChI is InChI=1S/C13H21N/c1-7-11-8-13(3,4)10(2)12(11)9-14(5)6/h7,9,11H,1-2,8H2,3-6H3/b12-9+. The summed E-state index contributed by atoms with van der Waals surface area (Å²) in [6.07, 6.45) is 5.34. The third-order valence-electron chi connectivity index (χ3n) is 2.98. The Labute approximate surface area is 87.8 Å². The van der Waals surface area contributed by atoms with Crippen LogP contribution in [0, 0.1) is 11.3 Å². The number of allylic oxidation sites excluding steroid dienone is 3. The van der Waals surface area contributed by atoms with Gasteiger partial charge in [0.1, 0.15) is 0 Å². The fourth-order valence-electron chi connectivity index (χ4n) is 2.06. The van der Waals surface area contributed by atoms with Crippen LogP contribution in [0.15, 0.2) is 36.6 Å². The molecule has 0 aliphatic heterocycles. The van der Waals surface area contributed by atoms with Crippen molar-refractivity contribution in [3.63, 3.8) is 0 Å². The Morgan fingerprint density at radius 1 is 1.43 bits per heavy atom. The third-order valence-corrected chi connectivity index (χ3v) is 2.98. The first kappa shape index (κ1) is 11.1. The summed E-state index contributed by atoms with van der Waals surface area (Å²) in [5, 5.41) is 0. The van der Waals surface area contributed by atoms with Gasteiger partial charge in [-0.2, -0.15) is 0 Å². The first-order valence-electron chi connectivity index (χ1n) is 5.09. The molecule has 1 unspecified atom stereocenters. The molecule has 1 atom stereocenters. The molecule has 1 rings (SSSR count). The minimum atomic E-state index is 0.223. The van der Waals surface area contributed by atoms with Crippen molar-refractivity contribution in [3.8, 4) is 0 Å². The van der Waals surface area contributed by atoms with E-state index in [1.54, 1.807) is 0 Å². The zero-order chi connectivity index (χ0) is 10.9. The van der Waals surface area contributed by atoms with Gasteiger partial charge in [-0.05, 0) is 23.0 Å². The van der Waals surface area contributed by atoms with Crippen LogP contribution in [0.25, 0.3) is 0 Å². The molecule has 78 valence electrons. The second-order valence-corrected chi connectivity index (χ2v) is 4.96. The van der Waals surface area contributed by atoms with Gasteiger partial charge >= 0.3 is 0 Å². The molecule has 1 saturated carbocycles. The second-order valence-electron chi connectivity index (χ2n) is 4.96. The summed E-state index contributed by atoms with van der Waals surface area (Å²) in [5.41, 5.74) is 2.83. The zero-order valence-electron chi connectivity index (χ0n) is 9.80. The molecule has 1 fully saturated rings. The van der Waals surface area contributed by atoms with Gasteiger partial charge in [-0.1, -0.05) is 26.5 Å². The van der Waals surface area contributed by atoms with Gasteiger partial charge in [-0.15, -0.1) is 6.58 Å². The van der Waals surface area contributed by atoms with Gasteiger partial charge in [0.2, 0.25) is 0 Å². The van der Waals surface area contributed by atoms with Crippen LogP contribution in [0.4, 0.5) is 0 Å². The lowest BCUT2D eigenvalue weighted by atomic mass is 9.87. The van der Waals surface area contributed by atoms with E-state index in [-0.39, 0.29) is 5.41 Å². The quantitative estimate of drug-likeness (QED) is 0.606. The van der Waals surface area contributed by atoms with E-state index in [0.717, 1.165) is 6.42 Å². The van der Waals surface area contributed by atoms with Crippen LogP contribution >= 0.6 is 0 Å². The summed E-state index contributed by atoms with van der Waals surface area (Å²) >= 11 is 0. The molecular formula is C13H21N. The SMILES string of the molecule is C=CC1CC(C)(C)C(=C)/C1=C\N(C)C. The summed E-state index contributed by atoms with van der Waals surface area (Å²) in [5.74, 6) is 0.472. The van der Waals surface area contributed by atoms with Gasteiger partial charge < -0.3 is 4.90 Å². The van der Waals surface area contributed by atoms with Crippen LogP contribution in [0.5, 0.6) is 0 Å². The van der Waals surface area contributed by atoms with Crippen molar-refractivity contribution < 1.29 is 0 Å². The van der Waals surface area contributed by atoms with Crippen molar-refractivity contribution in [2.45, 2.75) is 20.3 Å². The van der Waals surface area contributed by atoms with E-state index in [0.29, 0.717) is 5.92 Å². The molecule has 0 aromatic carbocycles. The fraction of sp³-hybridized carbons (Fsp3) is 0.538. The lowest BCUT2D eigenvalue weighted by Crippen LogP contribution is -2.07. The Hall–Kier alpha value is -0.980. The Bertz CT molecular complexity index is 282. The van der Waals surface area contributed by atoms with Crippen molar-refractivity contribution in [1.29, 1.82) is 0 Å². The van der Waals surface area contributed by atoms with Crippen molar-refractivity contribution >= 4 is 0 Å². The molecule has 0 spiro atoms. The van der Waals surface area contributed by atoms with Crippen LogP contribution in [0.3, 0.4) is 0 Å². The van der Waals surface area contributed by atoms with E-state index in [2.05, 4.69) is 38.1 Å². The highest BCUT2D eigenvalue weighted by Gasteiger charge is 2.36. The molecule has 0 N–H and O–H groups in total. The molecular weight excluding hydrogens is 170 g/mol. The lowest BCUT2D eigenvalue weighted by molar-refractivity contribution is 0.437. The average Bonchev–Trinajstić information content (AvgIpc) is 2.27. The summed E-state index contributed by atoms with van der Waals surface area (Å²) in [4.78, 5) is 2.08. The van der Waals surface area contributed by atoms with Crippen molar-refractivity contribution in [1.82, 2.24) is 4.90 Å². The minimum absolute atomic E-state index is 0.223. The van der Waals surface area contributed by atoms with Gasteiger partial charge in [0.25, 0.3) is 0 Å². The van der Waals surface area contributed by atoms with E-state index in [4.69, 9.17) is 0 Å². The Morgan fingerprint density at radius 3 is 2.43 bits per heavy atom. The first-order valence-corrected chi connectivity index (χ1v) is 5.09. The zero-order valence-corrected chi connectivity index (χ0v) is 9.80. The molecule has 0 amide bonds. The van der Waals surface area contributed by atoms with Crippen LogP contribution in [0.2, 0.25) is 0 Å². The molecule has 0 radical (unpaired) electrons. The van der Waals surface area contributed by atoms with E-state index < -0.39 is 0 Å². The second kappa shape index (κ2) is 3.64. The molecule has 0 aromatic rings. The normalized spacial score (nSPS) is 28.1. The lowest BCUT2D eigenvalue weighted by Gasteiger charge is -2.18. The highest BCUT2D eigenvalue weighted by molar-refractivity contribution is 5.42. The Balaban J connectivity index is 3.04. The number of hydrogen-bond donors (Lipinski definition) is 0. The van der Waals surface area contributed by atoms with Crippen LogP contribution < -0.4 is 0 Å². The monoisotopic (exact) mass is 191 g/mol. The first-order chi connectivity index (χ1) is 6.38. The Kier molecular flexibility index (Phi) is 2.89. The highest BCUT2D eigenvalue weighted by atomic mass is 15.0. The molecule has 0 aromatic heterocycles. The molecule has 0 bridgehead atoms. The summed E-state index contributed by atoms with van der Waals surface area (Å²) < 4.78 is 0. The maximum Gasteiger partial charge on any atom is 0.00557 e. The third kappa shape index (κ3) is 1.92. The van der Waals surface area contributed by atoms with Crippen molar-refractivity contribution in [2.24, 2.45) is 11.3 Å². The molecule has 0 saturated heterocycles. The van der Waals surface area contributed by atoms with Gasteiger partial charge in [-0.25, -0.2) is 0 Å².